The fraction of sp³-hybridized carbons (Fsp3) is 0.273. The molecule has 0 saturated heterocycles. The molecule has 0 saturated carbocycles. The van der Waals surface area contributed by atoms with E-state index < -0.39 is 4.92 Å². The summed E-state index contributed by atoms with van der Waals surface area (Å²) in [6.45, 7) is 3.69. The van der Waals surface area contributed by atoms with Crippen LogP contribution in [0.4, 0.5) is 11.4 Å². The van der Waals surface area contributed by atoms with Crippen LogP contribution in [0.2, 0.25) is 0 Å². The zero-order valence-electron chi connectivity index (χ0n) is 8.65. The van der Waals surface area contributed by atoms with E-state index in [0.717, 1.165) is 5.56 Å². The normalized spacial score (nSPS) is 11.5. The summed E-state index contributed by atoms with van der Waals surface area (Å²) >= 11 is 0. The Morgan fingerprint density at radius 3 is 2.80 bits per heavy atom. The zero-order chi connectivity index (χ0) is 11.4. The lowest BCUT2D eigenvalue weighted by atomic mass is 10.1. The highest BCUT2D eigenvalue weighted by atomic mass is 16.6. The summed E-state index contributed by atoms with van der Waals surface area (Å²) < 4.78 is 0. The SMILES string of the molecule is C#CC(C)Nc1cc([N+](=O)[O-])ccc1C. The molecule has 1 atom stereocenters. The molecule has 1 aromatic rings. The summed E-state index contributed by atoms with van der Waals surface area (Å²) in [6.07, 6.45) is 5.22. The van der Waals surface area contributed by atoms with Crippen LogP contribution in [0.3, 0.4) is 0 Å². The van der Waals surface area contributed by atoms with E-state index in [0.29, 0.717) is 5.69 Å². The number of benzene rings is 1. The molecule has 0 aliphatic carbocycles. The second-order valence-corrected chi connectivity index (χ2v) is 3.29. The molecule has 4 heteroatoms. The Hall–Kier alpha value is -2.02. The molecule has 1 N–H and O–H groups in total. The van der Waals surface area contributed by atoms with Crippen LogP contribution in [0.25, 0.3) is 0 Å². The summed E-state index contributed by atoms with van der Waals surface area (Å²) in [5.41, 5.74) is 1.70. The predicted octanol–water partition coefficient (Wildman–Crippen LogP) is 2.34. The maximum Gasteiger partial charge on any atom is 0.271 e. The van der Waals surface area contributed by atoms with Gasteiger partial charge in [-0.05, 0) is 19.4 Å². The largest absolute Gasteiger partial charge is 0.371 e. The number of hydrogen-bond donors (Lipinski definition) is 1. The van der Waals surface area contributed by atoms with E-state index in [1.165, 1.54) is 12.1 Å². The lowest BCUT2D eigenvalue weighted by molar-refractivity contribution is -0.384. The molecule has 0 spiro atoms. The van der Waals surface area contributed by atoms with Crippen LogP contribution in [-0.2, 0) is 0 Å². The minimum atomic E-state index is -0.425. The van der Waals surface area contributed by atoms with E-state index in [4.69, 9.17) is 6.42 Å². The standard InChI is InChI=1S/C11H12N2O2/c1-4-9(3)12-11-7-10(13(14)15)6-5-8(11)2/h1,5-7,9,12H,2-3H3. The molecule has 0 aromatic heterocycles. The van der Waals surface area contributed by atoms with Gasteiger partial charge in [-0.2, -0.15) is 0 Å². The van der Waals surface area contributed by atoms with Crippen LogP contribution in [0.15, 0.2) is 18.2 Å². The maximum absolute atomic E-state index is 10.6. The molecule has 0 radical (unpaired) electrons. The number of nitrogens with one attached hydrogen (secondary N) is 1. The first kappa shape index (κ1) is 11.1. The summed E-state index contributed by atoms with van der Waals surface area (Å²) in [4.78, 5) is 10.1. The smallest absolute Gasteiger partial charge is 0.271 e. The zero-order valence-corrected chi connectivity index (χ0v) is 8.65. The molecule has 0 aliphatic heterocycles. The number of rotatable bonds is 3. The van der Waals surface area contributed by atoms with Crippen molar-refractivity contribution in [3.8, 4) is 12.3 Å². The number of nitro benzene ring substituents is 1. The molecule has 1 aromatic carbocycles. The van der Waals surface area contributed by atoms with Crippen molar-refractivity contribution in [2.24, 2.45) is 0 Å². The van der Waals surface area contributed by atoms with Crippen molar-refractivity contribution in [1.29, 1.82) is 0 Å². The molecule has 78 valence electrons. The Morgan fingerprint density at radius 2 is 2.27 bits per heavy atom. The van der Waals surface area contributed by atoms with Crippen molar-refractivity contribution in [3.05, 3.63) is 33.9 Å². The van der Waals surface area contributed by atoms with Gasteiger partial charge in [0.15, 0.2) is 0 Å². The lowest BCUT2D eigenvalue weighted by Gasteiger charge is -2.11. The Kier molecular flexibility index (Phi) is 3.29. The van der Waals surface area contributed by atoms with Crippen LogP contribution < -0.4 is 5.32 Å². The third kappa shape index (κ3) is 2.71. The average Bonchev–Trinajstić information content (AvgIpc) is 2.20. The van der Waals surface area contributed by atoms with Gasteiger partial charge in [-0.3, -0.25) is 10.1 Å². The number of anilines is 1. The fourth-order valence-corrected chi connectivity index (χ4v) is 1.15. The van der Waals surface area contributed by atoms with Crippen LogP contribution in [0.5, 0.6) is 0 Å². The lowest BCUT2D eigenvalue weighted by Crippen LogP contribution is -2.13. The van der Waals surface area contributed by atoms with E-state index in [-0.39, 0.29) is 11.7 Å². The molecule has 0 fully saturated rings. The van der Waals surface area contributed by atoms with Crippen molar-refractivity contribution in [2.45, 2.75) is 19.9 Å². The second-order valence-electron chi connectivity index (χ2n) is 3.29. The molecule has 1 unspecified atom stereocenters. The van der Waals surface area contributed by atoms with Gasteiger partial charge in [0.25, 0.3) is 5.69 Å². The molecular formula is C11H12N2O2. The van der Waals surface area contributed by atoms with Gasteiger partial charge in [0, 0.05) is 17.8 Å². The molecular weight excluding hydrogens is 192 g/mol. The molecule has 0 amide bonds. The minimum absolute atomic E-state index is 0.0623. The van der Waals surface area contributed by atoms with E-state index in [2.05, 4.69) is 11.2 Å². The summed E-state index contributed by atoms with van der Waals surface area (Å²) in [5.74, 6) is 2.51. The van der Waals surface area contributed by atoms with Gasteiger partial charge in [0.2, 0.25) is 0 Å². The van der Waals surface area contributed by atoms with Crippen LogP contribution >= 0.6 is 0 Å². The predicted molar refractivity (Wildman–Crippen MR) is 59.8 cm³/mol. The van der Waals surface area contributed by atoms with Gasteiger partial charge < -0.3 is 5.32 Å². The molecule has 4 nitrogen and oxygen atoms in total. The van der Waals surface area contributed by atoms with Gasteiger partial charge in [-0.25, -0.2) is 0 Å². The van der Waals surface area contributed by atoms with Gasteiger partial charge in [-0.1, -0.05) is 12.0 Å². The van der Waals surface area contributed by atoms with E-state index in [1.807, 2.05) is 13.8 Å². The Labute approximate surface area is 88.5 Å². The first-order valence-corrected chi connectivity index (χ1v) is 4.52. The van der Waals surface area contributed by atoms with Crippen LogP contribution in [0, 0.1) is 29.4 Å². The number of nitro groups is 1. The van der Waals surface area contributed by atoms with Gasteiger partial charge in [-0.15, -0.1) is 6.42 Å². The molecule has 0 bridgehead atoms. The maximum atomic E-state index is 10.6. The summed E-state index contributed by atoms with van der Waals surface area (Å²) in [5, 5.41) is 13.6. The van der Waals surface area contributed by atoms with Crippen molar-refractivity contribution in [1.82, 2.24) is 0 Å². The van der Waals surface area contributed by atoms with Crippen LogP contribution in [-0.4, -0.2) is 11.0 Å². The van der Waals surface area contributed by atoms with Gasteiger partial charge >= 0.3 is 0 Å². The summed E-state index contributed by atoms with van der Waals surface area (Å²) in [7, 11) is 0. The van der Waals surface area contributed by atoms with Gasteiger partial charge in [0.05, 0.1) is 11.0 Å². The highest BCUT2D eigenvalue weighted by Crippen LogP contribution is 2.22. The summed E-state index contributed by atoms with van der Waals surface area (Å²) in [6, 6.07) is 4.51. The molecule has 0 heterocycles. The van der Waals surface area contributed by atoms with Crippen molar-refractivity contribution in [3.63, 3.8) is 0 Å². The third-order valence-electron chi connectivity index (χ3n) is 2.05. The Bertz CT molecular complexity index is 421. The highest BCUT2D eigenvalue weighted by molar-refractivity contribution is 5.57. The number of nitrogens with zero attached hydrogens (tertiary/aromatic N) is 1. The Morgan fingerprint density at radius 1 is 1.60 bits per heavy atom. The number of terminal acetylenes is 1. The van der Waals surface area contributed by atoms with E-state index in [9.17, 15) is 10.1 Å². The quantitative estimate of drug-likeness (QED) is 0.467. The molecule has 1 rings (SSSR count). The van der Waals surface area contributed by atoms with E-state index >= 15 is 0 Å². The Balaban J connectivity index is 3.01. The second kappa shape index (κ2) is 4.47. The van der Waals surface area contributed by atoms with E-state index in [1.54, 1.807) is 6.07 Å². The molecule has 0 aliphatic rings. The van der Waals surface area contributed by atoms with Crippen molar-refractivity contribution >= 4 is 11.4 Å². The van der Waals surface area contributed by atoms with Gasteiger partial charge in [0.1, 0.15) is 0 Å². The molecule has 15 heavy (non-hydrogen) atoms. The number of non-ortho nitro benzene ring substituents is 1. The fourth-order valence-electron chi connectivity index (χ4n) is 1.15. The topological polar surface area (TPSA) is 55.2 Å². The average molecular weight is 204 g/mol. The highest BCUT2D eigenvalue weighted by Gasteiger charge is 2.09. The minimum Gasteiger partial charge on any atom is -0.371 e. The number of hydrogen-bond acceptors (Lipinski definition) is 3. The third-order valence-corrected chi connectivity index (χ3v) is 2.05. The van der Waals surface area contributed by atoms with Crippen molar-refractivity contribution in [2.75, 3.05) is 5.32 Å². The monoisotopic (exact) mass is 204 g/mol. The number of aryl methyl sites for hydroxylation is 1. The van der Waals surface area contributed by atoms with Crippen molar-refractivity contribution < 1.29 is 4.92 Å². The van der Waals surface area contributed by atoms with Crippen LogP contribution in [0.1, 0.15) is 12.5 Å². The first-order valence-electron chi connectivity index (χ1n) is 4.52. The first-order chi connectivity index (χ1) is 7.04.